The molecule has 2 heterocycles. The molecule has 0 saturated carbocycles. The van der Waals surface area contributed by atoms with E-state index in [0.29, 0.717) is 12.0 Å². The van der Waals surface area contributed by atoms with E-state index < -0.39 is 47.3 Å². The van der Waals surface area contributed by atoms with Crippen molar-refractivity contribution in [3.8, 4) is 0 Å². The molecular weight excluding hydrogens is 444 g/mol. The molecule has 10 heteroatoms. The van der Waals surface area contributed by atoms with Gasteiger partial charge in [0.2, 0.25) is 11.8 Å². The van der Waals surface area contributed by atoms with Gasteiger partial charge in [-0.3, -0.25) is 19.3 Å². The molecule has 1 aromatic carbocycles. The van der Waals surface area contributed by atoms with Gasteiger partial charge in [-0.2, -0.15) is 0 Å². The molecule has 3 rings (SSSR count). The third kappa shape index (κ3) is 5.06. The number of benzene rings is 1. The van der Waals surface area contributed by atoms with Gasteiger partial charge in [-0.05, 0) is 43.1 Å². The number of carbonyl (C=O) groups excluding carboxylic acids is 3. The number of amides is 3. The van der Waals surface area contributed by atoms with Crippen molar-refractivity contribution in [2.75, 3.05) is 17.3 Å². The number of halogens is 2. The Labute approximate surface area is 197 Å². The topological polar surface area (TPSA) is 103 Å². The lowest BCUT2D eigenvalue weighted by atomic mass is 10.0. The molecule has 34 heavy (non-hydrogen) atoms. The molecule has 182 valence electrons. The largest absolute Gasteiger partial charge is 0.343 e. The third-order valence-corrected chi connectivity index (χ3v) is 5.88. The molecule has 0 radical (unpaired) electrons. The molecule has 0 aliphatic carbocycles. The summed E-state index contributed by atoms with van der Waals surface area (Å²) in [7, 11) is 1.66. The number of anilines is 2. The Morgan fingerprint density at radius 2 is 1.82 bits per heavy atom. The van der Waals surface area contributed by atoms with E-state index in [0.717, 1.165) is 12.1 Å². The molecule has 0 saturated heterocycles. The van der Waals surface area contributed by atoms with Gasteiger partial charge in [-0.25, -0.2) is 13.8 Å². The van der Waals surface area contributed by atoms with Crippen molar-refractivity contribution in [2.45, 2.75) is 51.7 Å². The minimum atomic E-state index is -1.10. The molecule has 0 fully saturated rings. The first-order valence-electron chi connectivity index (χ1n) is 11.2. The summed E-state index contributed by atoms with van der Waals surface area (Å²) in [4.78, 5) is 45.1. The molecule has 0 bridgehead atoms. The summed E-state index contributed by atoms with van der Waals surface area (Å²) in [5.41, 5.74) is 0.0535. The Kier molecular flexibility index (Phi) is 7.93. The van der Waals surface area contributed by atoms with Gasteiger partial charge in [0.25, 0.3) is 5.91 Å². The van der Waals surface area contributed by atoms with Crippen LogP contribution in [0.3, 0.4) is 0 Å². The van der Waals surface area contributed by atoms with Crippen molar-refractivity contribution in [1.29, 1.82) is 0 Å². The minimum absolute atomic E-state index is 0.115. The maximum absolute atomic E-state index is 14.1. The van der Waals surface area contributed by atoms with Crippen LogP contribution in [0.4, 0.5) is 20.3 Å². The van der Waals surface area contributed by atoms with E-state index in [2.05, 4.69) is 20.9 Å². The van der Waals surface area contributed by atoms with Gasteiger partial charge in [-0.15, -0.1) is 0 Å². The Balaban J connectivity index is 1.93. The zero-order valence-electron chi connectivity index (χ0n) is 19.6. The fraction of sp³-hybridized carbons (Fsp3) is 0.417. The second-order valence-electron chi connectivity index (χ2n) is 8.48. The number of para-hydroxylation sites is 1. The summed E-state index contributed by atoms with van der Waals surface area (Å²) in [6.45, 7) is 5.40. The van der Waals surface area contributed by atoms with E-state index in [1.165, 1.54) is 17.2 Å². The predicted molar refractivity (Wildman–Crippen MR) is 124 cm³/mol. The fourth-order valence-electron chi connectivity index (χ4n) is 3.98. The van der Waals surface area contributed by atoms with Crippen molar-refractivity contribution in [1.82, 2.24) is 15.6 Å². The molecule has 1 aromatic heterocycles. The zero-order valence-corrected chi connectivity index (χ0v) is 19.6. The summed E-state index contributed by atoms with van der Waals surface area (Å²) in [5, 5.41) is 7.96. The molecule has 3 N–H and O–H groups in total. The van der Waals surface area contributed by atoms with Gasteiger partial charge in [0, 0.05) is 12.6 Å². The van der Waals surface area contributed by atoms with Crippen LogP contribution in [0.15, 0.2) is 36.5 Å². The summed E-state index contributed by atoms with van der Waals surface area (Å²) < 4.78 is 28.3. The number of aromatic nitrogens is 1. The molecule has 2 aromatic rings. The Morgan fingerprint density at radius 1 is 1.15 bits per heavy atom. The van der Waals surface area contributed by atoms with Crippen molar-refractivity contribution in [3.05, 3.63) is 53.7 Å². The zero-order chi connectivity index (χ0) is 25.0. The van der Waals surface area contributed by atoms with Crippen molar-refractivity contribution >= 4 is 29.2 Å². The summed E-state index contributed by atoms with van der Waals surface area (Å²) in [6.07, 6.45) is 2.13. The van der Waals surface area contributed by atoms with Crippen LogP contribution in [0.25, 0.3) is 0 Å². The van der Waals surface area contributed by atoms with E-state index in [-0.39, 0.29) is 24.1 Å². The van der Waals surface area contributed by atoms with E-state index in [1.54, 1.807) is 33.0 Å². The SMILES string of the molecule is CC[C@H](NC)C(=O)N[C@H](C(=O)N1c2ncccc2C[C@H]1C(=O)Nc1c(F)cccc1F)C(C)C. The summed E-state index contributed by atoms with van der Waals surface area (Å²) in [5.74, 6) is -3.50. The fourth-order valence-corrected chi connectivity index (χ4v) is 3.98. The predicted octanol–water partition coefficient (Wildman–Crippen LogP) is 2.40. The second-order valence-corrected chi connectivity index (χ2v) is 8.48. The van der Waals surface area contributed by atoms with Crippen molar-refractivity contribution in [2.24, 2.45) is 5.92 Å². The average Bonchev–Trinajstić information content (AvgIpc) is 3.20. The van der Waals surface area contributed by atoms with Gasteiger partial charge in [0.1, 0.15) is 35.2 Å². The first kappa shape index (κ1) is 25.2. The first-order valence-corrected chi connectivity index (χ1v) is 11.2. The third-order valence-electron chi connectivity index (χ3n) is 5.88. The highest BCUT2D eigenvalue weighted by atomic mass is 19.1. The Hall–Kier alpha value is -3.40. The molecule has 3 amide bonds. The second kappa shape index (κ2) is 10.7. The van der Waals surface area contributed by atoms with Gasteiger partial charge < -0.3 is 16.0 Å². The van der Waals surface area contributed by atoms with Crippen LogP contribution < -0.4 is 20.9 Å². The van der Waals surface area contributed by atoms with E-state index in [1.807, 2.05) is 6.92 Å². The van der Waals surface area contributed by atoms with Crippen LogP contribution in [0, 0.1) is 17.6 Å². The summed E-state index contributed by atoms with van der Waals surface area (Å²) in [6, 6.07) is 4.14. The first-order chi connectivity index (χ1) is 16.2. The number of hydrogen-bond acceptors (Lipinski definition) is 5. The number of pyridine rings is 1. The molecule has 3 atom stereocenters. The van der Waals surface area contributed by atoms with Crippen molar-refractivity contribution < 1.29 is 23.2 Å². The van der Waals surface area contributed by atoms with Crippen molar-refractivity contribution in [3.63, 3.8) is 0 Å². The van der Waals surface area contributed by atoms with Gasteiger partial charge in [0.15, 0.2) is 0 Å². The monoisotopic (exact) mass is 473 g/mol. The highest BCUT2D eigenvalue weighted by Crippen LogP contribution is 2.32. The lowest BCUT2D eigenvalue weighted by Gasteiger charge is -2.31. The highest BCUT2D eigenvalue weighted by Gasteiger charge is 2.43. The van der Waals surface area contributed by atoms with Crippen LogP contribution in [0.1, 0.15) is 32.8 Å². The van der Waals surface area contributed by atoms with E-state index >= 15 is 0 Å². The Morgan fingerprint density at radius 3 is 2.41 bits per heavy atom. The number of likely N-dealkylation sites (N-methyl/N-ethyl adjacent to an activating group) is 1. The van der Waals surface area contributed by atoms with E-state index in [4.69, 9.17) is 0 Å². The Bertz CT molecular complexity index is 1050. The van der Waals surface area contributed by atoms with Crippen LogP contribution in [-0.4, -0.2) is 47.9 Å². The van der Waals surface area contributed by atoms with Crippen LogP contribution >= 0.6 is 0 Å². The lowest BCUT2D eigenvalue weighted by Crippen LogP contribution is -2.58. The maximum atomic E-state index is 14.1. The molecule has 0 spiro atoms. The number of rotatable bonds is 8. The molecule has 1 aliphatic rings. The normalized spacial score (nSPS) is 16.7. The number of nitrogens with zero attached hydrogens (tertiary/aromatic N) is 2. The van der Waals surface area contributed by atoms with Crippen LogP contribution in [0.5, 0.6) is 0 Å². The van der Waals surface area contributed by atoms with Crippen LogP contribution in [-0.2, 0) is 20.8 Å². The van der Waals surface area contributed by atoms with Gasteiger partial charge >= 0.3 is 0 Å². The average molecular weight is 474 g/mol. The van der Waals surface area contributed by atoms with E-state index in [9.17, 15) is 23.2 Å². The molecular formula is C24H29F2N5O3. The highest BCUT2D eigenvalue weighted by molar-refractivity contribution is 6.09. The molecule has 8 nitrogen and oxygen atoms in total. The quantitative estimate of drug-likeness (QED) is 0.546. The number of fused-ring (bicyclic) bond motifs is 1. The summed E-state index contributed by atoms with van der Waals surface area (Å²) >= 11 is 0. The number of carbonyl (C=O) groups is 3. The maximum Gasteiger partial charge on any atom is 0.251 e. The van der Waals surface area contributed by atoms with Gasteiger partial charge in [0.05, 0.1) is 6.04 Å². The van der Waals surface area contributed by atoms with Gasteiger partial charge in [-0.1, -0.05) is 32.9 Å². The number of hydrogen-bond donors (Lipinski definition) is 3. The standard InChI is InChI=1S/C24H29F2N5O3/c1-5-17(27-4)22(32)29-19(13(2)3)24(34)31-18(12-14-8-7-11-28-21(14)31)23(33)30-20-15(25)9-6-10-16(20)26/h6-11,13,17-19,27H,5,12H2,1-4H3,(H,29,32)(H,30,33)/t17-,18-,19-/m0/s1. The molecule has 1 aliphatic heterocycles. The number of nitrogens with one attached hydrogen (secondary N) is 3. The molecule has 0 unspecified atom stereocenters. The smallest absolute Gasteiger partial charge is 0.251 e. The minimum Gasteiger partial charge on any atom is -0.343 e. The van der Waals surface area contributed by atoms with Crippen LogP contribution in [0.2, 0.25) is 0 Å². The lowest BCUT2D eigenvalue weighted by molar-refractivity contribution is -0.130.